The minimum absolute atomic E-state index is 0.196. The van der Waals surface area contributed by atoms with E-state index in [9.17, 15) is 9.90 Å². The molecule has 1 amide bonds. The molecule has 1 heterocycles. The molecule has 2 rings (SSSR count). The van der Waals surface area contributed by atoms with Crippen molar-refractivity contribution in [2.24, 2.45) is 0 Å². The van der Waals surface area contributed by atoms with E-state index < -0.39 is 5.60 Å². The van der Waals surface area contributed by atoms with Gasteiger partial charge in [-0.15, -0.1) is 6.58 Å². The third-order valence-electron chi connectivity index (χ3n) is 3.69. The minimum Gasteiger partial charge on any atom is -0.375 e. The summed E-state index contributed by atoms with van der Waals surface area (Å²) in [6.45, 7) is 5.15. The summed E-state index contributed by atoms with van der Waals surface area (Å²) < 4.78 is 0. The molecule has 1 aromatic carbocycles. The van der Waals surface area contributed by atoms with Crippen LogP contribution in [0.1, 0.15) is 31.2 Å². The summed E-state index contributed by atoms with van der Waals surface area (Å²) in [5, 5.41) is 10.8. The molecule has 1 atom stereocenters. The summed E-state index contributed by atoms with van der Waals surface area (Å²) in [4.78, 5) is 14.4. The maximum absolute atomic E-state index is 12.6. The van der Waals surface area contributed by atoms with Gasteiger partial charge in [0, 0.05) is 19.5 Å². The Hall–Kier alpha value is -1.61. The zero-order valence-electron chi connectivity index (χ0n) is 11.2. The van der Waals surface area contributed by atoms with Crippen molar-refractivity contribution in [1.29, 1.82) is 0 Å². The first-order chi connectivity index (χ1) is 9.18. The largest absolute Gasteiger partial charge is 0.375 e. The number of nitrogens with zero attached hydrogens (tertiary/aromatic N) is 1. The third kappa shape index (κ3) is 2.87. The molecule has 0 radical (unpaired) electrons. The molecule has 19 heavy (non-hydrogen) atoms. The predicted octanol–water partition coefficient (Wildman–Crippen LogP) is 2.46. The Bertz CT molecular complexity index is 437. The van der Waals surface area contributed by atoms with Gasteiger partial charge in [-0.2, -0.15) is 0 Å². The van der Waals surface area contributed by atoms with Crippen LogP contribution in [0.2, 0.25) is 0 Å². The number of likely N-dealkylation sites (tertiary alicyclic amines) is 1. The highest BCUT2D eigenvalue weighted by Crippen LogP contribution is 2.29. The van der Waals surface area contributed by atoms with Gasteiger partial charge in [0.1, 0.15) is 0 Å². The lowest BCUT2D eigenvalue weighted by atomic mass is 9.88. The molecule has 0 aromatic heterocycles. The van der Waals surface area contributed by atoms with E-state index in [1.807, 2.05) is 18.2 Å². The van der Waals surface area contributed by atoms with E-state index >= 15 is 0 Å². The van der Waals surface area contributed by atoms with Gasteiger partial charge in [-0.25, -0.2) is 0 Å². The Labute approximate surface area is 114 Å². The maximum atomic E-state index is 12.6. The highest BCUT2D eigenvalue weighted by atomic mass is 16.3. The Morgan fingerprint density at radius 2 is 1.89 bits per heavy atom. The van der Waals surface area contributed by atoms with Crippen LogP contribution < -0.4 is 0 Å². The summed E-state index contributed by atoms with van der Waals surface area (Å²) in [6, 6.07) is 9.15. The van der Waals surface area contributed by atoms with Crippen LogP contribution >= 0.6 is 0 Å². The van der Waals surface area contributed by atoms with E-state index in [-0.39, 0.29) is 12.3 Å². The molecule has 0 aliphatic carbocycles. The molecule has 3 heteroatoms. The number of carbonyl (C=O) groups is 1. The van der Waals surface area contributed by atoms with Crippen LogP contribution in [0, 0.1) is 0 Å². The lowest BCUT2D eigenvalue weighted by molar-refractivity contribution is -0.153. The van der Waals surface area contributed by atoms with Gasteiger partial charge in [-0.05, 0) is 24.8 Å². The third-order valence-corrected chi connectivity index (χ3v) is 3.69. The molecule has 1 N–H and O–H groups in total. The first-order valence-electron chi connectivity index (χ1n) is 6.86. The predicted molar refractivity (Wildman–Crippen MR) is 75.6 cm³/mol. The van der Waals surface area contributed by atoms with Crippen molar-refractivity contribution in [3.05, 3.63) is 48.6 Å². The quantitative estimate of drug-likeness (QED) is 0.844. The van der Waals surface area contributed by atoms with Gasteiger partial charge in [0.15, 0.2) is 5.60 Å². The molecule has 1 aliphatic heterocycles. The summed E-state index contributed by atoms with van der Waals surface area (Å²) in [6.07, 6.45) is 5.05. The molecule has 1 aliphatic rings. The highest BCUT2D eigenvalue weighted by Gasteiger charge is 2.39. The number of hydrogen-bond acceptors (Lipinski definition) is 2. The molecular formula is C16H21NO2. The van der Waals surface area contributed by atoms with Gasteiger partial charge in [0.2, 0.25) is 0 Å². The van der Waals surface area contributed by atoms with Gasteiger partial charge in [-0.1, -0.05) is 36.4 Å². The molecule has 1 fully saturated rings. The van der Waals surface area contributed by atoms with Crippen molar-refractivity contribution in [3.8, 4) is 0 Å². The lowest BCUT2D eigenvalue weighted by Gasteiger charge is -2.35. The van der Waals surface area contributed by atoms with E-state index in [0.29, 0.717) is 5.56 Å². The average Bonchev–Trinajstić information content (AvgIpc) is 2.48. The SMILES string of the molecule is C=CCC(O)(C(=O)N1CCCCC1)c1ccccc1. The smallest absolute Gasteiger partial charge is 0.259 e. The number of piperidine rings is 1. The number of hydrogen-bond donors (Lipinski definition) is 1. The lowest BCUT2D eigenvalue weighted by Crippen LogP contribution is -2.48. The van der Waals surface area contributed by atoms with Gasteiger partial charge in [-0.3, -0.25) is 4.79 Å². The Morgan fingerprint density at radius 1 is 1.26 bits per heavy atom. The van der Waals surface area contributed by atoms with E-state index in [1.54, 1.807) is 23.1 Å². The Kier molecular flexibility index (Phi) is 4.38. The number of amides is 1. The minimum atomic E-state index is -1.47. The van der Waals surface area contributed by atoms with Crippen molar-refractivity contribution < 1.29 is 9.90 Å². The zero-order chi connectivity index (χ0) is 13.7. The maximum Gasteiger partial charge on any atom is 0.259 e. The fourth-order valence-corrected chi connectivity index (χ4v) is 2.61. The second-order valence-corrected chi connectivity index (χ2v) is 5.07. The molecule has 1 unspecified atom stereocenters. The van der Waals surface area contributed by atoms with E-state index in [2.05, 4.69) is 6.58 Å². The van der Waals surface area contributed by atoms with Gasteiger partial charge in [0.25, 0.3) is 5.91 Å². The van der Waals surface area contributed by atoms with Crippen molar-refractivity contribution >= 4 is 5.91 Å². The fraction of sp³-hybridized carbons (Fsp3) is 0.438. The second-order valence-electron chi connectivity index (χ2n) is 5.07. The van der Waals surface area contributed by atoms with Crippen molar-refractivity contribution in [1.82, 2.24) is 4.90 Å². The van der Waals surface area contributed by atoms with E-state index in [1.165, 1.54) is 0 Å². The number of benzene rings is 1. The molecule has 1 saturated heterocycles. The van der Waals surface area contributed by atoms with Crippen LogP contribution in [-0.2, 0) is 10.4 Å². The number of carbonyl (C=O) groups excluding carboxylic acids is 1. The summed E-state index contributed by atoms with van der Waals surface area (Å²) in [7, 11) is 0. The van der Waals surface area contributed by atoms with E-state index in [0.717, 1.165) is 32.4 Å². The zero-order valence-corrected chi connectivity index (χ0v) is 11.2. The van der Waals surface area contributed by atoms with Gasteiger partial charge >= 0.3 is 0 Å². The monoisotopic (exact) mass is 259 g/mol. The van der Waals surface area contributed by atoms with Crippen LogP contribution in [0.3, 0.4) is 0 Å². The van der Waals surface area contributed by atoms with Crippen LogP contribution in [0.4, 0.5) is 0 Å². The summed E-state index contributed by atoms with van der Waals surface area (Å²) >= 11 is 0. The summed E-state index contributed by atoms with van der Waals surface area (Å²) in [5.41, 5.74) is -0.828. The molecule has 0 spiro atoms. The van der Waals surface area contributed by atoms with Crippen LogP contribution in [0.5, 0.6) is 0 Å². The highest BCUT2D eigenvalue weighted by molar-refractivity contribution is 5.86. The van der Waals surface area contributed by atoms with Crippen LogP contribution in [0.15, 0.2) is 43.0 Å². The molecular weight excluding hydrogens is 238 g/mol. The number of rotatable bonds is 4. The van der Waals surface area contributed by atoms with Crippen molar-refractivity contribution in [2.75, 3.05) is 13.1 Å². The molecule has 0 saturated carbocycles. The van der Waals surface area contributed by atoms with Crippen molar-refractivity contribution in [3.63, 3.8) is 0 Å². The fourth-order valence-electron chi connectivity index (χ4n) is 2.61. The molecule has 3 nitrogen and oxygen atoms in total. The Morgan fingerprint density at radius 3 is 2.47 bits per heavy atom. The van der Waals surface area contributed by atoms with Crippen LogP contribution in [-0.4, -0.2) is 29.0 Å². The summed E-state index contributed by atoms with van der Waals surface area (Å²) in [5.74, 6) is -0.196. The molecule has 1 aromatic rings. The molecule has 102 valence electrons. The van der Waals surface area contributed by atoms with Crippen molar-refractivity contribution in [2.45, 2.75) is 31.3 Å². The molecule has 0 bridgehead atoms. The normalized spacial score (nSPS) is 18.7. The Balaban J connectivity index is 2.27. The first-order valence-corrected chi connectivity index (χ1v) is 6.86. The average molecular weight is 259 g/mol. The van der Waals surface area contributed by atoms with Crippen LogP contribution in [0.25, 0.3) is 0 Å². The first kappa shape index (κ1) is 13.8. The number of aliphatic hydroxyl groups is 1. The van der Waals surface area contributed by atoms with Gasteiger partial charge < -0.3 is 10.0 Å². The topological polar surface area (TPSA) is 40.5 Å². The van der Waals surface area contributed by atoms with Gasteiger partial charge in [0.05, 0.1) is 0 Å². The standard InChI is InChI=1S/C16H21NO2/c1-2-11-16(19,14-9-5-3-6-10-14)15(18)17-12-7-4-8-13-17/h2-3,5-6,9-10,19H,1,4,7-8,11-13H2. The second kappa shape index (κ2) is 6.02. The van der Waals surface area contributed by atoms with E-state index in [4.69, 9.17) is 0 Å².